The summed E-state index contributed by atoms with van der Waals surface area (Å²) in [6.45, 7) is 2.46. The van der Waals surface area contributed by atoms with Crippen molar-refractivity contribution in [3.05, 3.63) is 66.4 Å². The van der Waals surface area contributed by atoms with E-state index in [-0.39, 0.29) is 5.82 Å². The number of aliphatic imine (C=N–C) groups is 1. The number of guanidine groups is 1. The van der Waals surface area contributed by atoms with Crippen LogP contribution in [0, 0.1) is 5.82 Å². The zero-order valence-electron chi connectivity index (χ0n) is 16.5. The molecule has 0 saturated heterocycles. The average molecular weight is 392 g/mol. The lowest BCUT2D eigenvalue weighted by Crippen LogP contribution is -2.38. The van der Waals surface area contributed by atoms with Gasteiger partial charge in [0, 0.05) is 43.8 Å². The fraction of sp³-hybridized carbons (Fsp3) is 0.273. The quantitative estimate of drug-likeness (QED) is 0.256. The minimum atomic E-state index is -0.225. The second kappa shape index (κ2) is 8.77. The smallest absolute Gasteiger partial charge is 0.190 e. The van der Waals surface area contributed by atoms with E-state index in [0.29, 0.717) is 0 Å². The van der Waals surface area contributed by atoms with Gasteiger partial charge < -0.3 is 20.2 Å². The molecule has 0 spiro atoms. The SMILES string of the molecule is CN=C(NCCCn1cnc2ccccc21)NCCc1c[nH]c2cc(F)ccc12. The van der Waals surface area contributed by atoms with Crippen LogP contribution in [0.3, 0.4) is 0 Å². The van der Waals surface area contributed by atoms with Crippen molar-refractivity contribution >= 4 is 27.9 Å². The van der Waals surface area contributed by atoms with E-state index in [9.17, 15) is 4.39 Å². The molecule has 0 amide bonds. The molecule has 2 heterocycles. The summed E-state index contributed by atoms with van der Waals surface area (Å²) in [7, 11) is 1.77. The summed E-state index contributed by atoms with van der Waals surface area (Å²) in [5.41, 5.74) is 4.18. The summed E-state index contributed by atoms with van der Waals surface area (Å²) in [4.78, 5) is 11.8. The van der Waals surface area contributed by atoms with Crippen LogP contribution in [0.2, 0.25) is 0 Å². The van der Waals surface area contributed by atoms with Crippen molar-refractivity contribution in [2.24, 2.45) is 4.99 Å². The van der Waals surface area contributed by atoms with Crippen molar-refractivity contribution in [3.8, 4) is 0 Å². The van der Waals surface area contributed by atoms with Gasteiger partial charge in [0.1, 0.15) is 5.82 Å². The summed E-state index contributed by atoms with van der Waals surface area (Å²) in [5.74, 6) is 0.559. The Labute approximate surface area is 168 Å². The molecule has 0 saturated carbocycles. The van der Waals surface area contributed by atoms with Crippen LogP contribution in [0.15, 0.2) is 60.0 Å². The van der Waals surface area contributed by atoms with Crippen molar-refractivity contribution in [1.29, 1.82) is 0 Å². The maximum absolute atomic E-state index is 13.3. The van der Waals surface area contributed by atoms with Crippen molar-refractivity contribution in [2.75, 3.05) is 20.1 Å². The minimum absolute atomic E-state index is 0.225. The second-order valence-corrected chi connectivity index (χ2v) is 6.96. The molecule has 0 aliphatic carbocycles. The zero-order chi connectivity index (χ0) is 20.1. The number of imidazole rings is 1. The number of rotatable bonds is 7. The second-order valence-electron chi connectivity index (χ2n) is 6.96. The molecular weight excluding hydrogens is 367 g/mol. The molecule has 2 aromatic heterocycles. The summed E-state index contributed by atoms with van der Waals surface area (Å²) in [6, 6.07) is 13.0. The van der Waals surface area contributed by atoms with E-state index in [2.05, 4.69) is 36.2 Å². The molecular formula is C22H25FN6. The molecule has 0 atom stereocenters. The Bertz CT molecular complexity index is 1130. The van der Waals surface area contributed by atoms with Crippen molar-refractivity contribution in [3.63, 3.8) is 0 Å². The lowest BCUT2D eigenvalue weighted by molar-refractivity contribution is 0.629. The fourth-order valence-corrected chi connectivity index (χ4v) is 3.55. The van der Waals surface area contributed by atoms with Crippen LogP contribution in [-0.4, -0.2) is 40.6 Å². The molecule has 0 aliphatic rings. The highest BCUT2D eigenvalue weighted by Gasteiger charge is 2.05. The number of hydrogen-bond donors (Lipinski definition) is 3. The highest BCUT2D eigenvalue weighted by molar-refractivity contribution is 5.83. The van der Waals surface area contributed by atoms with Gasteiger partial charge >= 0.3 is 0 Å². The number of benzene rings is 2. The molecule has 4 aromatic rings. The molecule has 4 rings (SSSR count). The van der Waals surface area contributed by atoms with Gasteiger partial charge in [-0.1, -0.05) is 12.1 Å². The third-order valence-electron chi connectivity index (χ3n) is 5.04. The number of aromatic nitrogens is 3. The van der Waals surface area contributed by atoms with Gasteiger partial charge in [-0.2, -0.15) is 0 Å². The van der Waals surface area contributed by atoms with Crippen molar-refractivity contribution < 1.29 is 4.39 Å². The Morgan fingerprint density at radius 1 is 1.17 bits per heavy atom. The van der Waals surface area contributed by atoms with E-state index in [0.717, 1.165) is 65.9 Å². The van der Waals surface area contributed by atoms with Crippen LogP contribution in [0.4, 0.5) is 4.39 Å². The van der Waals surface area contributed by atoms with E-state index in [4.69, 9.17) is 0 Å². The number of nitrogens with zero attached hydrogens (tertiary/aromatic N) is 3. The van der Waals surface area contributed by atoms with Gasteiger partial charge in [-0.25, -0.2) is 9.37 Å². The monoisotopic (exact) mass is 392 g/mol. The molecule has 0 bridgehead atoms. The maximum atomic E-state index is 13.3. The highest BCUT2D eigenvalue weighted by atomic mass is 19.1. The summed E-state index contributed by atoms with van der Waals surface area (Å²) >= 11 is 0. The zero-order valence-corrected chi connectivity index (χ0v) is 16.5. The van der Waals surface area contributed by atoms with Crippen molar-refractivity contribution in [1.82, 2.24) is 25.2 Å². The highest BCUT2D eigenvalue weighted by Crippen LogP contribution is 2.19. The fourth-order valence-electron chi connectivity index (χ4n) is 3.55. The number of hydrogen-bond acceptors (Lipinski definition) is 2. The number of para-hydroxylation sites is 2. The summed E-state index contributed by atoms with van der Waals surface area (Å²) < 4.78 is 15.5. The van der Waals surface area contributed by atoms with E-state index in [1.54, 1.807) is 7.05 Å². The molecule has 0 radical (unpaired) electrons. The van der Waals surface area contributed by atoms with Crippen LogP contribution in [0.1, 0.15) is 12.0 Å². The molecule has 7 heteroatoms. The van der Waals surface area contributed by atoms with Crippen LogP contribution in [-0.2, 0) is 13.0 Å². The van der Waals surface area contributed by atoms with E-state index in [1.807, 2.05) is 36.8 Å². The van der Waals surface area contributed by atoms with Gasteiger partial charge in [0.05, 0.1) is 17.4 Å². The summed E-state index contributed by atoms with van der Waals surface area (Å²) in [5, 5.41) is 7.75. The minimum Gasteiger partial charge on any atom is -0.361 e. The lowest BCUT2D eigenvalue weighted by atomic mass is 10.1. The Morgan fingerprint density at radius 2 is 2.03 bits per heavy atom. The average Bonchev–Trinajstić information content (AvgIpc) is 3.33. The molecule has 2 aromatic carbocycles. The van der Waals surface area contributed by atoms with Gasteiger partial charge in [0.2, 0.25) is 0 Å². The van der Waals surface area contributed by atoms with Crippen molar-refractivity contribution in [2.45, 2.75) is 19.4 Å². The van der Waals surface area contributed by atoms with Gasteiger partial charge in [-0.3, -0.25) is 4.99 Å². The first-order valence-electron chi connectivity index (χ1n) is 9.84. The molecule has 6 nitrogen and oxygen atoms in total. The van der Waals surface area contributed by atoms with E-state index in [1.165, 1.54) is 12.1 Å². The molecule has 150 valence electrons. The first-order chi connectivity index (χ1) is 14.2. The summed E-state index contributed by atoms with van der Waals surface area (Å²) in [6.07, 6.45) is 5.63. The normalized spacial score (nSPS) is 12.0. The number of nitrogens with one attached hydrogen (secondary N) is 3. The largest absolute Gasteiger partial charge is 0.361 e. The van der Waals surface area contributed by atoms with Gasteiger partial charge in [-0.05, 0) is 48.7 Å². The first-order valence-corrected chi connectivity index (χ1v) is 9.84. The molecule has 29 heavy (non-hydrogen) atoms. The Morgan fingerprint density at radius 3 is 2.93 bits per heavy atom. The standard InChI is InChI=1S/C22H25FN6/c1-24-22(25-10-4-12-29-15-28-19-5-2-3-6-21(19)29)26-11-9-16-14-27-20-13-17(23)7-8-18(16)20/h2-3,5-8,13-15,27H,4,9-12H2,1H3,(H2,24,25,26). The van der Waals surface area contributed by atoms with Crippen LogP contribution in [0.25, 0.3) is 21.9 Å². The molecule has 0 aliphatic heterocycles. The van der Waals surface area contributed by atoms with Gasteiger partial charge in [-0.15, -0.1) is 0 Å². The van der Waals surface area contributed by atoms with Gasteiger partial charge in [0.25, 0.3) is 0 Å². The van der Waals surface area contributed by atoms with Crippen LogP contribution < -0.4 is 10.6 Å². The van der Waals surface area contributed by atoms with Gasteiger partial charge in [0.15, 0.2) is 5.96 Å². The third-order valence-corrected chi connectivity index (χ3v) is 5.04. The van der Waals surface area contributed by atoms with E-state index < -0.39 is 0 Å². The molecule has 0 fully saturated rings. The number of aryl methyl sites for hydroxylation is 1. The van der Waals surface area contributed by atoms with Crippen LogP contribution in [0.5, 0.6) is 0 Å². The number of halogens is 1. The predicted octanol–water partition coefficient (Wildman–Crippen LogP) is 3.45. The Balaban J connectivity index is 1.22. The molecule has 0 unspecified atom stereocenters. The Hall–Kier alpha value is -3.35. The van der Waals surface area contributed by atoms with E-state index >= 15 is 0 Å². The topological polar surface area (TPSA) is 70.0 Å². The van der Waals surface area contributed by atoms with Crippen LogP contribution >= 0.6 is 0 Å². The number of aromatic amines is 1. The number of fused-ring (bicyclic) bond motifs is 2. The third kappa shape index (κ3) is 4.39. The maximum Gasteiger partial charge on any atom is 0.190 e. The Kier molecular flexibility index (Phi) is 5.74. The number of H-pyrrole nitrogens is 1. The molecule has 3 N–H and O–H groups in total. The first kappa shape index (κ1) is 19.0. The lowest BCUT2D eigenvalue weighted by Gasteiger charge is -2.12. The predicted molar refractivity (Wildman–Crippen MR) is 116 cm³/mol.